The van der Waals surface area contributed by atoms with Crippen molar-refractivity contribution in [2.75, 3.05) is 26.2 Å². The van der Waals surface area contributed by atoms with Crippen LogP contribution in [-0.4, -0.2) is 48.5 Å². The van der Waals surface area contributed by atoms with Crippen LogP contribution in [0.5, 0.6) is 0 Å². The van der Waals surface area contributed by atoms with Gasteiger partial charge in [0.15, 0.2) is 0 Å². The smallest absolute Gasteiger partial charge is 0.0963 e. The highest BCUT2D eigenvalue weighted by Gasteiger charge is 2.36. The summed E-state index contributed by atoms with van der Waals surface area (Å²) in [6.07, 6.45) is 7.27. The minimum Gasteiger partial charge on any atom is -0.390 e. The molecule has 0 bridgehead atoms. The Labute approximate surface area is 118 Å². The Morgan fingerprint density at radius 2 is 2.05 bits per heavy atom. The van der Waals surface area contributed by atoms with E-state index >= 15 is 0 Å². The summed E-state index contributed by atoms with van der Waals surface area (Å²) in [5.74, 6) is 1.17. The Morgan fingerprint density at radius 3 is 2.79 bits per heavy atom. The molecule has 1 heterocycles. The lowest BCUT2D eigenvalue weighted by Gasteiger charge is -2.41. The van der Waals surface area contributed by atoms with E-state index in [4.69, 9.17) is 4.74 Å². The maximum atomic E-state index is 10.7. The van der Waals surface area contributed by atoms with Gasteiger partial charge in [0.05, 0.1) is 18.8 Å². The summed E-state index contributed by atoms with van der Waals surface area (Å²) in [5, 5.41) is 10.7. The third kappa shape index (κ3) is 3.93. The standard InChI is InChI=1S/C16H31NO2/c1-3-9-17-10-11-19-15(12-17)16(18)14-8-6-5-7-13(14)4-2/h13-16,18H,3-12H2,1-2H3. The molecule has 1 aliphatic heterocycles. The van der Waals surface area contributed by atoms with Crippen LogP contribution in [0.25, 0.3) is 0 Å². The molecule has 0 amide bonds. The van der Waals surface area contributed by atoms with Crippen molar-refractivity contribution in [1.29, 1.82) is 0 Å². The zero-order valence-electron chi connectivity index (χ0n) is 12.7. The molecule has 1 saturated carbocycles. The van der Waals surface area contributed by atoms with Crippen LogP contribution in [0.2, 0.25) is 0 Å². The molecule has 3 nitrogen and oxygen atoms in total. The number of nitrogens with zero attached hydrogens (tertiary/aromatic N) is 1. The molecule has 0 aromatic rings. The Kier molecular flexibility index (Phi) is 6.11. The highest BCUT2D eigenvalue weighted by molar-refractivity contribution is 4.87. The Balaban J connectivity index is 1.91. The first kappa shape index (κ1) is 15.3. The molecule has 0 spiro atoms. The average molecular weight is 269 g/mol. The molecule has 2 aliphatic rings. The quantitative estimate of drug-likeness (QED) is 0.833. The van der Waals surface area contributed by atoms with Crippen LogP contribution in [0, 0.1) is 11.8 Å². The van der Waals surface area contributed by atoms with Crippen LogP contribution in [0.3, 0.4) is 0 Å². The van der Waals surface area contributed by atoms with Crippen LogP contribution in [0.4, 0.5) is 0 Å². The lowest BCUT2D eigenvalue weighted by molar-refractivity contribution is -0.118. The molecule has 19 heavy (non-hydrogen) atoms. The third-order valence-electron chi connectivity index (χ3n) is 5.03. The highest BCUT2D eigenvalue weighted by atomic mass is 16.5. The van der Waals surface area contributed by atoms with Crippen molar-refractivity contribution in [1.82, 2.24) is 4.90 Å². The van der Waals surface area contributed by atoms with E-state index in [1.807, 2.05) is 0 Å². The average Bonchev–Trinajstić information content (AvgIpc) is 2.47. The van der Waals surface area contributed by atoms with Gasteiger partial charge in [-0.1, -0.05) is 39.5 Å². The first-order chi connectivity index (χ1) is 9.26. The SMILES string of the molecule is CCCN1CCOC(C(O)C2CCCCC2CC)C1. The zero-order valence-corrected chi connectivity index (χ0v) is 12.7. The molecular formula is C16H31NO2. The summed E-state index contributed by atoms with van der Waals surface area (Å²) in [6.45, 7) is 8.34. The Hall–Kier alpha value is -0.120. The van der Waals surface area contributed by atoms with Gasteiger partial charge in [0, 0.05) is 13.1 Å². The maximum absolute atomic E-state index is 10.7. The van der Waals surface area contributed by atoms with Crippen LogP contribution in [0.15, 0.2) is 0 Å². The number of hydrogen-bond donors (Lipinski definition) is 1. The lowest BCUT2D eigenvalue weighted by atomic mass is 9.73. The van der Waals surface area contributed by atoms with E-state index in [9.17, 15) is 5.11 Å². The molecule has 4 atom stereocenters. The predicted molar refractivity (Wildman–Crippen MR) is 78.2 cm³/mol. The van der Waals surface area contributed by atoms with Crippen LogP contribution in [-0.2, 0) is 4.74 Å². The molecular weight excluding hydrogens is 238 g/mol. The number of aliphatic hydroxyl groups excluding tert-OH is 1. The molecule has 0 aromatic carbocycles. The normalized spacial score (nSPS) is 35.2. The second-order valence-electron chi connectivity index (χ2n) is 6.32. The summed E-state index contributed by atoms with van der Waals surface area (Å²) in [7, 11) is 0. The molecule has 2 fully saturated rings. The largest absolute Gasteiger partial charge is 0.390 e. The van der Waals surface area contributed by atoms with Crippen molar-refractivity contribution < 1.29 is 9.84 Å². The van der Waals surface area contributed by atoms with E-state index in [0.29, 0.717) is 11.8 Å². The monoisotopic (exact) mass is 269 g/mol. The van der Waals surface area contributed by atoms with Gasteiger partial charge in [-0.05, 0) is 31.2 Å². The molecule has 2 rings (SSSR count). The van der Waals surface area contributed by atoms with Gasteiger partial charge < -0.3 is 9.84 Å². The fraction of sp³-hybridized carbons (Fsp3) is 1.00. The topological polar surface area (TPSA) is 32.7 Å². The molecule has 1 N–H and O–H groups in total. The van der Waals surface area contributed by atoms with Gasteiger partial charge in [0.2, 0.25) is 0 Å². The minimum atomic E-state index is -0.259. The summed E-state index contributed by atoms with van der Waals surface area (Å²) < 4.78 is 5.87. The number of ether oxygens (including phenoxy) is 1. The van der Waals surface area contributed by atoms with Gasteiger partial charge in [-0.25, -0.2) is 0 Å². The van der Waals surface area contributed by atoms with Crippen molar-refractivity contribution in [3.8, 4) is 0 Å². The molecule has 0 radical (unpaired) electrons. The first-order valence-electron chi connectivity index (χ1n) is 8.28. The molecule has 3 heteroatoms. The van der Waals surface area contributed by atoms with Crippen molar-refractivity contribution in [2.24, 2.45) is 11.8 Å². The van der Waals surface area contributed by atoms with Crippen LogP contribution in [0.1, 0.15) is 52.4 Å². The third-order valence-corrected chi connectivity index (χ3v) is 5.03. The van der Waals surface area contributed by atoms with E-state index in [1.165, 1.54) is 38.5 Å². The van der Waals surface area contributed by atoms with E-state index in [0.717, 1.165) is 26.2 Å². The summed E-state index contributed by atoms with van der Waals surface area (Å²) >= 11 is 0. The summed E-state index contributed by atoms with van der Waals surface area (Å²) in [6, 6.07) is 0. The fourth-order valence-electron chi connectivity index (χ4n) is 3.93. The van der Waals surface area contributed by atoms with Crippen molar-refractivity contribution in [3.63, 3.8) is 0 Å². The number of morpholine rings is 1. The fourth-order valence-corrected chi connectivity index (χ4v) is 3.93. The molecule has 1 aliphatic carbocycles. The van der Waals surface area contributed by atoms with Gasteiger partial charge in [0.1, 0.15) is 0 Å². The minimum absolute atomic E-state index is 0.0393. The second kappa shape index (κ2) is 7.61. The maximum Gasteiger partial charge on any atom is 0.0963 e. The van der Waals surface area contributed by atoms with Gasteiger partial charge in [0.25, 0.3) is 0 Å². The van der Waals surface area contributed by atoms with E-state index in [-0.39, 0.29) is 12.2 Å². The summed E-state index contributed by atoms with van der Waals surface area (Å²) in [5.41, 5.74) is 0. The number of hydrogen-bond acceptors (Lipinski definition) is 3. The van der Waals surface area contributed by atoms with Gasteiger partial charge in [-0.2, -0.15) is 0 Å². The molecule has 1 saturated heterocycles. The number of rotatable bonds is 5. The lowest BCUT2D eigenvalue weighted by Crippen LogP contribution is -2.51. The van der Waals surface area contributed by atoms with Crippen molar-refractivity contribution >= 4 is 0 Å². The predicted octanol–water partition coefficient (Wildman–Crippen LogP) is 2.67. The zero-order chi connectivity index (χ0) is 13.7. The molecule has 0 aromatic heterocycles. The van der Waals surface area contributed by atoms with Crippen molar-refractivity contribution in [3.05, 3.63) is 0 Å². The molecule has 4 unspecified atom stereocenters. The van der Waals surface area contributed by atoms with Crippen LogP contribution < -0.4 is 0 Å². The van der Waals surface area contributed by atoms with Gasteiger partial charge in [-0.3, -0.25) is 4.90 Å². The van der Waals surface area contributed by atoms with Crippen LogP contribution >= 0.6 is 0 Å². The van der Waals surface area contributed by atoms with Crippen molar-refractivity contribution in [2.45, 2.75) is 64.6 Å². The van der Waals surface area contributed by atoms with E-state index in [1.54, 1.807) is 0 Å². The van der Waals surface area contributed by atoms with Gasteiger partial charge in [-0.15, -0.1) is 0 Å². The highest BCUT2D eigenvalue weighted by Crippen LogP contribution is 2.36. The number of aliphatic hydroxyl groups is 1. The van der Waals surface area contributed by atoms with Gasteiger partial charge >= 0.3 is 0 Å². The Bertz CT molecular complexity index is 257. The van der Waals surface area contributed by atoms with E-state index < -0.39 is 0 Å². The Morgan fingerprint density at radius 1 is 1.26 bits per heavy atom. The second-order valence-corrected chi connectivity index (χ2v) is 6.32. The van der Waals surface area contributed by atoms with E-state index in [2.05, 4.69) is 18.7 Å². The summed E-state index contributed by atoms with van der Waals surface area (Å²) in [4.78, 5) is 2.45. The molecule has 112 valence electrons. The first-order valence-corrected chi connectivity index (χ1v) is 8.28.